The van der Waals surface area contributed by atoms with E-state index in [0.717, 1.165) is 5.56 Å². The Hall–Kier alpha value is -4.51. The number of aromatic nitrogens is 2. The number of pyridine rings is 1. The van der Waals surface area contributed by atoms with E-state index in [1.807, 2.05) is 45.0 Å². The minimum atomic E-state index is -3.98. The zero-order valence-electron chi connectivity index (χ0n) is 25.0. The molecule has 226 valence electrons. The van der Waals surface area contributed by atoms with E-state index in [0.29, 0.717) is 41.0 Å². The highest BCUT2D eigenvalue weighted by atomic mass is 32.2. The monoisotopic (exact) mass is 603 g/mol. The van der Waals surface area contributed by atoms with Gasteiger partial charge in [0.25, 0.3) is 10.0 Å². The highest BCUT2D eigenvalue weighted by Crippen LogP contribution is 2.30. The second kappa shape index (κ2) is 13.6. The van der Waals surface area contributed by atoms with Crippen molar-refractivity contribution >= 4 is 33.3 Å². The molecule has 4 aromatic rings. The molecule has 10 nitrogen and oxygen atoms in total. The number of nitrogens with zero attached hydrogens (tertiary/aromatic N) is 3. The summed E-state index contributed by atoms with van der Waals surface area (Å²) in [6.07, 6.45) is 4.15. The fraction of sp³-hybridized carbons (Fsp3) is 0.312. The number of anilines is 2. The number of amides is 2. The molecule has 0 unspecified atom stereocenters. The second-order valence-corrected chi connectivity index (χ2v) is 12.4. The summed E-state index contributed by atoms with van der Waals surface area (Å²) in [5.74, 6) is 0.119. The van der Waals surface area contributed by atoms with Gasteiger partial charge in [0.2, 0.25) is 11.8 Å². The van der Waals surface area contributed by atoms with E-state index in [4.69, 9.17) is 4.52 Å². The van der Waals surface area contributed by atoms with Crippen molar-refractivity contribution in [3.05, 3.63) is 89.9 Å². The lowest BCUT2D eigenvalue weighted by Crippen LogP contribution is -2.49. The highest BCUT2D eigenvalue weighted by Gasteiger charge is 2.32. The lowest BCUT2D eigenvalue weighted by atomic mass is 9.99. The normalized spacial score (nSPS) is 12.1. The van der Waals surface area contributed by atoms with Crippen LogP contribution in [0.5, 0.6) is 0 Å². The Morgan fingerprint density at radius 1 is 1.00 bits per heavy atom. The summed E-state index contributed by atoms with van der Waals surface area (Å²) in [6, 6.07) is 16.8. The van der Waals surface area contributed by atoms with Gasteiger partial charge in [0.05, 0.1) is 16.8 Å². The van der Waals surface area contributed by atoms with Gasteiger partial charge in [0, 0.05) is 30.3 Å². The van der Waals surface area contributed by atoms with Crippen molar-refractivity contribution < 1.29 is 22.5 Å². The number of nitrogens with one attached hydrogen (secondary N) is 2. The summed E-state index contributed by atoms with van der Waals surface area (Å²) in [6.45, 7) is 9.41. The molecule has 11 heteroatoms. The Balaban J connectivity index is 1.61. The van der Waals surface area contributed by atoms with Crippen LogP contribution in [0, 0.1) is 19.8 Å². The Bertz CT molecular complexity index is 1670. The predicted molar refractivity (Wildman–Crippen MR) is 166 cm³/mol. The lowest BCUT2D eigenvalue weighted by molar-refractivity contribution is -0.141. The van der Waals surface area contributed by atoms with Gasteiger partial charge in [-0.2, -0.15) is 0 Å². The summed E-state index contributed by atoms with van der Waals surface area (Å²) < 4.78 is 34.4. The SMILES string of the molecule is CCCC(=O)N(Cc1ccc(-c2ccccc2S(=O)(=O)Nc2noc(C)c2C)cc1)[C@H](C(=O)Nc1cccnc1)C(C)C. The van der Waals surface area contributed by atoms with Crippen molar-refractivity contribution in [2.24, 2.45) is 5.92 Å². The molecule has 4 rings (SSSR count). The molecule has 2 aromatic heterocycles. The second-order valence-electron chi connectivity index (χ2n) is 10.7. The maximum atomic E-state index is 13.4. The van der Waals surface area contributed by atoms with Gasteiger partial charge in [-0.1, -0.05) is 68.4 Å². The molecule has 0 saturated carbocycles. The zero-order chi connectivity index (χ0) is 31.1. The van der Waals surface area contributed by atoms with Crippen LogP contribution in [0.4, 0.5) is 11.5 Å². The first-order valence-corrected chi connectivity index (χ1v) is 15.6. The molecule has 0 aliphatic heterocycles. The molecule has 0 aliphatic rings. The number of rotatable bonds is 12. The molecule has 0 radical (unpaired) electrons. The van der Waals surface area contributed by atoms with Crippen LogP contribution in [0.1, 0.15) is 50.5 Å². The van der Waals surface area contributed by atoms with Crippen LogP contribution in [0.25, 0.3) is 11.1 Å². The topological polar surface area (TPSA) is 134 Å². The van der Waals surface area contributed by atoms with Gasteiger partial charge in [-0.3, -0.25) is 19.3 Å². The fourth-order valence-electron chi connectivity index (χ4n) is 4.78. The number of benzene rings is 2. The van der Waals surface area contributed by atoms with Gasteiger partial charge in [-0.25, -0.2) is 8.42 Å². The van der Waals surface area contributed by atoms with Gasteiger partial charge in [0.1, 0.15) is 11.8 Å². The maximum absolute atomic E-state index is 13.4. The molecule has 2 heterocycles. The number of hydrogen-bond donors (Lipinski definition) is 2. The molecular weight excluding hydrogens is 566 g/mol. The standard InChI is InChI=1S/C32H37N5O5S/c1-6-10-29(38)37(30(21(2)3)32(39)34-26-11-9-18-33-19-26)20-24-14-16-25(17-15-24)27-12-7-8-13-28(27)43(40,41)36-31-22(4)23(5)42-35-31/h7-9,11-19,21,30H,6,10,20H2,1-5H3,(H,34,39)(H,35,36)/t30-/m0/s1. The smallest absolute Gasteiger partial charge is 0.263 e. The van der Waals surface area contributed by atoms with Gasteiger partial charge in [-0.15, -0.1) is 0 Å². The largest absolute Gasteiger partial charge is 0.359 e. The maximum Gasteiger partial charge on any atom is 0.263 e. The van der Waals surface area contributed by atoms with Crippen molar-refractivity contribution in [1.82, 2.24) is 15.0 Å². The van der Waals surface area contributed by atoms with E-state index < -0.39 is 16.1 Å². The number of hydrogen-bond acceptors (Lipinski definition) is 7. The van der Waals surface area contributed by atoms with Crippen LogP contribution in [-0.4, -0.2) is 41.3 Å². The molecule has 0 aliphatic carbocycles. The summed E-state index contributed by atoms with van der Waals surface area (Å²) in [4.78, 5) is 32.5. The third-order valence-corrected chi connectivity index (χ3v) is 8.53. The molecule has 43 heavy (non-hydrogen) atoms. The first kappa shape index (κ1) is 31.4. The molecule has 2 aromatic carbocycles. The van der Waals surface area contributed by atoms with Crippen molar-refractivity contribution in [1.29, 1.82) is 0 Å². The Morgan fingerprint density at radius 3 is 2.33 bits per heavy atom. The third-order valence-electron chi connectivity index (χ3n) is 7.13. The molecule has 1 atom stereocenters. The highest BCUT2D eigenvalue weighted by molar-refractivity contribution is 7.92. The average molecular weight is 604 g/mol. The number of sulfonamides is 1. The van der Waals surface area contributed by atoms with Crippen LogP contribution in [-0.2, 0) is 26.2 Å². The van der Waals surface area contributed by atoms with E-state index in [2.05, 4.69) is 20.2 Å². The summed E-state index contributed by atoms with van der Waals surface area (Å²) in [5.41, 5.74) is 3.16. The average Bonchev–Trinajstić information content (AvgIpc) is 3.29. The Labute approximate surface area is 252 Å². The first-order chi connectivity index (χ1) is 20.5. The van der Waals surface area contributed by atoms with E-state index in [1.54, 1.807) is 61.5 Å². The molecular formula is C32H37N5O5S. The van der Waals surface area contributed by atoms with Crippen molar-refractivity contribution in [2.45, 2.75) is 64.9 Å². The van der Waals surface area contributed by atoms with Gasteiger partial charge in [-0.05, 0) is 55.5 Å². The quantitative estimate of drug-likeness (QED) is 0.204. The third kappa shape index (κ3) is 7.47. The molecule has 0 spiro atoms. The van der Waals surface area contributed by atoms with Gasteiger partial charge in [0.15, 0.2) is 5.82 Å². The van der Waals surface area contributed by atoms with Crippen LogP contribution in [0.2, 0.25) is 0 Å². The van der Waals surface area contributed by atoms with Gasteiger partial charge < -0.3 is 14.7 Å². The fourth-order valence-corrected chi connectivity index (χ4v) is 6.07. The number of aryl methyl sites for hydroxylation is 1. The van der Waals surface area contributed by atoms with E-state index >= 15 is 0 Å². The van der Waals surface area contributed by atoms with Crippen molar-refractivity contribution in [3.8, 4) is 11.1 Å². The molecule has 2 amide bonds. The van der Waals surface area contributed by atoms with E-state index in [1.165, 1.54) is 6.07 Å². The summed E-state index contributed by atoms with van der Waals surface area (Å²) in [5, 5.41) is 6.72. The molecule has 0 bridgehead atoms. The molecule has 0 saturated heterocycles. The van der Waals surface area contributed by atoms with Crippen molar-refractivity contribution in [3.63, 3.8) is 0 Å². The Morgan fingerprint density at radius 2 is 1.72 bits per heavy atom. The van der Waals surface area contributed by atoms with Gasteiger partial charge >= 0.3 is 0 Å². The molecule has 2 N–H and O–H groups in total. The first-order valence-electron chi connectivity index (χ1n) is 14.2. The lowest BCUT2D eigenvalue weighted by Gasteiger charge is -2.33. The summed E-state index contributed by atoms with van der Waals surface area (Å²) in [7, 11) is -3.98. The minimum Gasteiger partial charge on any atom is -0.359 e. The van der Waals surface area contributed by atoms with E-state index in [9.17, 15) is 18.0 Å². The van der Waals surface area contributed by atoms with Crippen LogP contribution >= 0.6 is 0 Å². The molecule has 0 fully saturated rings. The predicted octanol–water partition coefficient (Wildman–Crippen LogP) is 5.95. The zero-order valence-corrected chi connectivity index (χ0v) is 25.8. The van der Waals surface area contributed by atoms with Crippen LogP contribution < -0.4 is 10.0 Å². The summed E-state index contributed by atoms with van der Waals surface area (Å²) >= 11 is 0. The Kier molecular flexibility index (Phi) is 9.97. The van der Waals surface area contributed by atoms with E-state index in [-0.39, 0.29) is 35.0 Å². The van der Waals surface area contributed by atoms with Crippen molar-refractivity contribution in [2.75, 3.05) is 10.0 Å². The minimum absolute atomic E-state index is 0.0921. The number of carbonyl (C=O) groups excluding carboxylic acids is 2. The van der Waals surface area contributed by atoms with Crippen LogP contribution in [0.15, 0.2) is 82.5 Å². The van der Waals surface area contributed by atoms with Crippen LogP contribution in [0.3, 0.4) is 0 Å². The number of carbonyl (C=O) groups is 2.